The molecule has 0 aliphatic carbocycles. The van der Waals surface area contributed by atoms with Gasteiger partial charge < -0.3 is 20.5 Å². The quantitative estimate of drug-likeness (QED) is 0.468. The van der Waals surface area contributed by atoms with Crippen molar-refractivity contribution in [1.82, 2.24) is 0 Å². The number of carboxylic acid groups (broad SMARTS) is 1. The van der Waals surface area contributed by atoms with Crippen LogP contribution in [0.5, 0.6) is 0 Å². The molecule has 0 fully saturated rings. The van der Waals surface area contributed by atoms with E-state index in [1.165, 1.54) is 30.8 Å². The molecule has 152 valence electrons. The Morgan fingerprint density at radius 2 is 1.79 bits per heavy atom. The second-order valence-electron chi connectivity index (χ2n) is 6.00. The van der Waals surface area contributed by atoms with Crippen LogP contribution in [0, 0.1) is 5.82 Å². The maximum absolute atomic E-state index is 13.8. The minimum atomic E-state index is -1.41. The zero-order valence-electron chi connectivity index (χ0n) is 15.5. The van der Waals surface area contributed by atoms with E-state index in [-0.39, 0.29) is 17.2 Å². The third kappa shape index (κ3) is 7.03. The Balaban J connectivity index is 1.94. The molecule has 9 heteroatoms. The second kappa shape index (κ2) is 10.2. The molecular formula is C20H17BrFN2O4S-. The fourth-order valence-electron chi connectivity index (χ4n) is 2.13. The predicted molar refractivity (Wildman–Crippen MR) is 112 cm³/mol. The van der Waals surface area contributed by atoms with Gasteiger partial charge in [-0.25, -0.2) is 4.39 Å². The summed E-state index contributed by atoms with van der Waals surface area (Å²) in [6, 6.07) is 11.0. The first-order valence-electron chi connectivity index (χ1n) is 8.39. The molecule has 2 rings (SSSR count). The lowest BCUT2D eigenvalue weighted by Crippen LogP contribution is -2.24. The molecule has 2 amide bonds. The molecule has 2 aromatic carbocycles. The number of benzene rings is 2. The smallest absolute Gasteiger partial charge is 0.248 e. The molecule has 0 saturated carbocycles. The standard InChI is InChI=1S/C20H18BrFN2O4S/c1-11(20(27)28)9-18(25)23-14-4-6-15(7-5-14)29-12(2)19(26)24-17-8-3-13(21)10-16(17)22/h3-10,12H,1-2H3,(H,23,25)(H,24,26)(H,27,28)/p-1. The number of carbonyl (C=O) groups excluding carboxylic acids is 3. The van der Waals surface area contributed by atoms with Crippen molar-refractivity contribution < 1.29 is 23.9 Å². The van der Waals surface area contributed by atoms with Gasteiger partial charge in [0.15, 0.2) is 0 Å². The normalized spacial score (nSPS) is 12.2. The third-order valence-corrected chi connectivity index (χ3v) is 5.27. The molecule has 2 N–H and O–H groups in total. The van der Waals surface area contributed by atoms with Crippen LogP contribution in [0.1, 0.15) is 13.8 Å². The Labute approximate surface area is 179 Å². The summed E-state index contributed by atoms with van der Waals surface area (Å²) in [5.74, 6) is -2.89. The highest BCUT2D eigenvalue weighted by Crippen LogP contribution is 2.26. The minimum Gasteiger partial charge on any atom is -0.545 e. The zero-order valence-corrected chi connectivity index (χ0v) is 17.9. The van der Waals surface area contributed by atoms with Crippen LogP contribution in [0.4, 0.5) is 15.8 Å². The van der Waals surface area contributed by atoms with Gasteiger partial charge in [-0.15, -0.1) is 11.8 Å². The van der Waals surface area contributed by atoms with Crippen LogP contribution in [0.3, 0.4) is 0 Å². The van der Waals surface area contributed by atoms with Crippen LogP contribution in [0.25, 0.3) is 0 Å². The van der Waals surface area contributed by atoms with E-state index in [1.54, 1.807) is 37.3 Å². The molecule has 0 heterocycles. The van der Waals surface area contributed by atoms with Crippen molar-refractivity contribution in [3.8, 4) is 0 Å². The van der Waals surface area contributed by atoms with Crippen molar-refractivity contribution >= 4 is 56.9 Å². The number of anilines is 2. The first-order chi connectivity index (χ1) is 13.7. The third-order valence-electron chi connectivity index (χ3n) is 3.66. The zero-order chi connectivity index (χ0) is 21.6. The number of rotatable bonds is 7. The SMILES string of the molecule is CC(=CC(=O)Nc1ccc(SC(C)C(=O)Nc2ccc(Br)cc2F)cc1)C(=O)[O-]. The molecule has 0 aliphatic heterocycles. The van der Waals surface area contributed by atoms with Crippen LogP contribution in [-0.4, -0.2) is 23.0 Å². The van der Waals surface area contributed by atoms with Gasteiger partial charge in [0.1, 0.15) is 5.82 Å². The van der Waals surface area contributed by atoms with Gasteiger partial charge in [-0.1, -0.05) is 15.9 Å². The number of aliphatic carboxylic acids is 1. The molecule has 1 atom stereocenters. The fraction of sp³-hybridized carbons (Fsp3) is 0.150. The van der Waals surface area contributed by atoms with Crippen LogP contribution < -0.4 is 15.7 Å². The van der Waals surface area contributed by atoms with Gasteiger partial charge in [0.05, 0.1) is 16.9 Å². The largest absolute Gasteiger partial charge is 0.545 e. The summed E-state index contributed by atoms with van der Waals surface area (Å²) in [5.41, 5.74) is 0.385. The Morgan fingerprint density at radius 1 is 1.14 bits per heavy atom. The Hall–Kier alpha value is -2.65. The highest BCUT2D eigenvalue weighted by atomic mass is 79.9. The Kier molecular flexibility index (Phi) is 7.98. The summed E-state index contributed by atoms with van der Waals surface area (Å²) < 4.78 is 14.4. The lowest BCUT2D eigenvalue weighted by Gasteiger charge is -2.13. The number of hydrogen-bond acceptors (Lipinski definition) is 5. The summed E-state index contributed by atoms with van der Waals surface area (Å²) in [4.78, 5) is 35.4. The summed E-state index contributed by atoms with van der Waals surface area (Å²) in [6.45, 7) is 2.96. The molecule has 1 unspecified atom stereocenters. The summed E-state index contributed by atoms with van der Waals surface area (Å²) in [5, 5.41) is 15.2. The van der Waals surface area contributed by atoms with Crippen molar-refractivity contribution in [3.63, 3.8) is 0 Å². The van der Waals surface area contributed by atoms with E-state index in [0.717, 1.165) is 11.0 Å². The maximum Gasteiger partial charge on any atom is 0.248 e. The van der Waals surface area contributed by atoms with Crippen molar-refractivity contribution in [2.75, 3.05) is 10.6 Å². The molecule has 6 nitrogen and oxygen atoms in total. The van der Waals surface area contributed by atoms with E-state index in [1.807, 2.05) is 0 Å². The number of nitrogens with one attached hydrogen (secondary N) is 2. The van der Waals surface area contributed by atoms with Gasteiger partial charge in [0.25, 0.3) is 0 Å². The molecular weight excluding hydrogens is 463 g/mol. The van der Waals surface area contributed by atoms with Gasteiger partial charge in [-0.3, -0.25) is 9.59 Å². The monoisotopic (exact) mass is 479 g/mol. The van der Waals surface area contributed by atoms with Gasteiger partial charge in [-0.2, -0.15) is 0 Å². The molecule has 0 radical (unpaired) electrons. The minimum absolute atomic E-state index is 0.101. The van der Waals surface area contributed by atoms with Gasteiger partial charge in [0.2, 0.25) is 11.8 Å². The highest BCUT2D eigenvalue weighted by molar-refractivity contribution is 9.10. The lowest BCUT2D eigenvalue weighted by molar-refractivity contribution is -0.299. The van der Waals surface area contributed by atoms with Crippen LogP contribution in [-0.2, 0) is 14.4 Å². The van der Waals surface area contributed by atoms with Crippen molar-refractivity contribution in [2.24, 2.45) is 0 Å². The van der Waals surface area contributed by atoms with Gasteiger partial charge >= 0.3 is 0 Å². The summed E-state index contributed by atoms with van der Waals surface area (Å²) in [7, 11) is 0. The maximum atomic E-state index is 13.8. The molecule has 0 aliphatic rings. The molecule has 2 aromatic rings. The first kappa shape index (κ1) is 22.6. The highest BCUT2D eigenvalue weighted by Gasteiger charge is 2.16. The Morgan fingerprint density at radius 3 is 2.38 bits per heavy atom. The first-order valence-corrected chi connectivity index (χ1v) is 10.1. The van der Waals surface area contributed by atoms with E-state index >= 15 is 0 Å². The molecule has 0 spiro atoms. The summed E-state index contributed by atoms with van der Waals surface area (Å²) >= 11 is 4.43. The summed E-state index contributed by atoms with van der Waals surface area (Å²) in [6.07, 6.45) is 0.936. The average molecular weight is 480 g/mol. The van der Waals surface area contributed by atoms with E-state index in [0.29, 0.717) is 10.2 Å². The van der Waals surface area contributed by atoms with Gasteiger partial charge in [0, 0.05) is 21.1 Å². The van der Waals surface area contributed by atoms with Crippen LogP contribution >= 0.6 is 27.7 Å². The van der Waals surface area contributed by atoms with Gasteiger partial charge in [-0.05, 0) is 61.9 Å². The van der Waals surface area contributed by atoms with Crippen molar-refractivity contribution in [2.45, 2.75) is 24.0 Å². The lowest BCUT2D eigenvalue weighted by atomic mass is 10.2. The fourth-order valence-corrected chi connectivity index (χ4v) is 3.33. The molecule has 0 bridgehead atoms. The van der Waals surface area contributed by atoms with E-state index in [9.17, 15) is 23.9 Å². The topological polar surface area (TPSA) is 98.3 Å². The van der Waals surface area contributed by atoms with E-state index in [4.69, 9.17) is 0 Å². The number of amides is 2. The van der Waals surface area contributed by atoms with Crippen LogP contribution in [0.15, 0.2) is 63.5 Å². The van der Waals surface area contributed by atoms with Crippen molar-refractivity contribution in [1.29, 1.82) is 0 Å². The molecule has 0 aromatic heterocycles. The average Bonchev–Trinajstić information content (AvgIpc) is 2.65. The van der Waals surface area contributed by atoms with Crippen LogP contribution in [0.2, 0.25) is 0 Å². The predicted octanol–water partition coefficient (Wildman–Crippen LogP) is 3.34. The number of halogens is 2. The van der Waals surface area contributed by atoms with E-state index < -0.39 is 22.9 Å². The second-order valence-corrected chi connectivity index (χ2v) is 8.33. The number of carboxylic acids is 1. The number of hydrogen-bond donors (Lipinski definition) is 2. The number of carbonyl (C=O) groups is 3. The molecule has 29 heavy (non-hydrogen) atoms. The van der Waals surface area contributed by atoms with E-state index in [2.05, 4.69) is 26.6 Å². The number of thioether (sulfide) groups is 1. The Bertz CT molecular complexity index is 963. The van der Waals surface area contributed by atoms with Crippen molar-refractivity contribution in [3.05, 3.63) is 64.4 Å². The molecule has 0 saturated heterocycles.